The zero-order chi connectivity index (χ0) is 17.9. The number of thiocarbonyl (C=S) groups is 1. The summed E-state index contributed by atoms with van der Waals surface area (Å²) in [5.41, 5.74) is 1.99. The number of hydrogen-bond donors (Lipinski definition) is 2. The highest BCUT2D eigenvalue weighted by atomic mass is 79.9. The molecule has 1 aromatic carbocycles. The molecule has 5 nitrogen and oxygen atoms in total. The van der Waals surface area contributed by atoms with E-state index in [-0.39, 0.29) is 11.9 Å². The summed E-state index contributed by atoms with van der Waals surface area (Å²) >= 11 is 8.72. The highest BCUT2D eigenvalue weighted by molar-refractivity contribution is 9.10. The highest BCUT2D eigenvalue weighted by Gasteiger charge is 2.33. The number of allylic oxidation sites excluding steroid dienone is 1. The molecule has 7 heteroatoms. The summed E-state index contributed by atoms with van der Waals surface area (Å²) in [7, 11) is 1.60. The fraction of sp³-hybridized carbons (Fsp3) is 0.412. The Morgan fingerprint density at radius 1 is 1.42 bits per heavy atom. The Bertz CT molecular complexity index is 688. The minimum Gasteiger partial charge on any atom is -0.496 e. The largest absolute Gasteiger partial charge is 0.496 e. The molecule has 2 rings (SSSR count). The van der Waals surface area contributed by atoms with Crippen molar-refractivity contribution in [2.24, 2.45) is 5.92 Å². The third kappa shape index (κ3) is 4.27. The molecule has 0 spiro atoms. The summed E-state index contributed by atoms with van der Waals surface area (Å²) < 4.78 is 11.8. The van der Waals surface area contributed by atoms with Gasteiger partial charge in [-0.05, 0) is 43.3 Å². The lowest BCUT2D eigenvalue weighted by atomic mass is 9.95. The average molecular weight is 413 g/mol. The summed E-state index contributed by atoms with van der Waals surface area (Å²) in [5.74, 6) is 0.567. The van der Waals surface area contributed by atoms with E-state index >= 15 is 0 Å². The Balaban J connectivity index is 2.45. The van der Waals surface area contributed by atoms with Crippen molar-refractivity contribution >= 4 is 39.2 Å². The minimum absolute atomic E-state index is 0.263. The fourth-order valence-corrected chi connectivity index (χ4v) is 3.10. The zero-order valence-electron chi connectivity index (χ0n) is 14.1. The predicted octanol–water partition coefficient (Wildman–Crippen LogP) is 3.45. The Morgan fingerprint density at radius 3 is 2.75 bits per heavy atom. The van der Waals surface area contributed by atoms with Gasteiger partial charge in [0.25, 0.3) is 0 Å². The Labute approximate surface area is 155 Å². The van der Waals surface area contributed by atoms with Crippen molar-refractivity contribution in [2.45, 2.75) is 26.8 Å². The summed E-state index contributed by atoms with van der Waals surface area (Å²) in [5, 5.41) is 6.60. The third-order valence-electron chi connectivity index (χ3n) is 3.54. The Morgan fingerprint density at radius 2 is 2.12 bits per heavy atom. The molecule has 2 N–H and O–H groups in total. The van der Waals surface area contributed by atoms with E-state index in [4.69, 9.17) is 21.7 Å². The van der Waals surface area contributed by atoms with Crippen molar-refractivity contribution in [3.05, 3.63) is 39.5 Å². The smallest absolute Gasteiger partial charge is 0.338 e. The molecule has 1 unspecified atom stereocenters. The molecule has 0 aliphatic carbocycles. The Kier molecular flexibility index (Phi) is 6.23. The van der Waals surface area contributed by atoms with Crippen molar-refractivity contribution in [2.75, 3.05) is 13.7 Å². The van der Waals surface area contributed by atoms with E-state index in [1.807, 2.05) is 39.0 Å². The van der Waals surface area contributed by atoms with Gasteiger partial charge in [0.15, 0.2) is 5.11 Å². The van der Waals surface area contributed by atoms with Gasteiger partial charge in [0.05, 0.1) is 25.3 Å². The van der Waals surface area contributed by atoms with Gasteiger partial charge >= 0.3 is 5.97 Å². The van der Waals surface area contributed by atoms with Crippen LogP contribution < -0.4 is 15.4 Å². The van der Waals surface area contributed by atoms with Gasteiger partial charge in [0, 0.05) is 15.7 Å². The number of rotatable bonds is 5. The number of ether oxygens (including phenoxy) is 2. The van der Waals surface area contributed by atoms with Crippen molar-refractivity contribution in [3.8, 4) is 5.75 Å². The van der Waals surface area contributed by atoms with Gasteiger partial charge in [-0.25, -0.2) is 4.79 Å². The standard InChI is InChI=1S/C17H21BrN2O3S/c1-9(2)8-23-16(21)14-10(3)19-17(24)20-15(14)12-7-11(18)5-6-13(12)22-4/h5-7,9,15H,8H2,1-4H3,(H2,19,20,24). The topological polar surface area (TPSA) is 59.6 Å². The SMILES string of the molecule is COc1ccc(Br)cc1C1NC(=S)NC(C)=C1C(=O)OCC(C)C. The summed E-state index contributed by atoms with van der Waals surface area (Å²) in [6.07, 6.45) is 0. The zero-order valence-corrected chi connectivity index (χ0v) is 16.5. The summed E-state index contributed by atoms with van der Waals surface area (Å²) in [4.78, 5) is 12.6. The second-order valence-corrected chi connectivity index (χ2v) is 7.27. The average Bonchev–Trinajstić information content (AvgIpc) is 2.51. The maximum absolute atomic E-state index is 12.6. The van der Waals surface area contributed by atoms with Crippen LogP contribution in [0.3, 0.4) is 0 Å². The summed E-state index contributed by atoms with van der Waals surface area (Å²) in [6.45, 7) is 6.17. The third-order valence-corrected chi connectivity index (χ3v) is 4.25. The molecule has 1 aromatic rings. The van der Waals surface area contributed by atoms with Crippen LogP contribution in [0.25, 0.3) is 0 Å². The van der Waals surface area contributed by atoms with Gasteiger partial charge in [-0.2, -0.15) is 0 Å². The van der Waals surface area contributed by atoms with E-state index < -0.39 is 6.04 Å². The number of halogens is 1. The lowest BCUT2D eigenvalue weighted by Gasteiger charge is -2.30. The van der Waals surface area contributed by atoms with E-state index in [1.54, 1.807) is 7.11 Å². The maximum Gasteiger partial charge on any atom is 0.338 e. The molecule has 24 heavy (non-hydrogen) atoms. The van der Waals surface area contributed by atoms with Gasteiger partial charge in [0.1, 0.15) is 5.75 Å². The monoisotopic (exact) mass is 412 g/mol. The molecule has 0 aromatic heterocycles. The van der Waals surface area contributed by atoms with E-state index in [9.17, 15) is 4.79 Å². The number of hydrogen-bond acceptors (Lipinski definition) is 4. The van der Waals surface area contributed by atoms with Gasteiger partial charge in [-0.1, -0.05) is 29.8 Å². The van der Waals surface area contributed by atoms with Crippen LogP contribution in [0.1, 0.15) is 32.4 Å². The molecule has 1 atom stereocenters. The normalized spacial score (nSPS) is 17.4. The van der Waals surface area contributed by atoms with E-state index in [0.29, 0.717) is 28.7 Å². The first-order valence-electron chi connectivity index (χ1n) is 7.62. The minimum atomic E-state index is -0.439. The number of esters is 1. The first kappa shape index (κ1) is 18.7. The lowest BCUT2D eigenvalue weighted by Crippen LogP contribution is -2.45. The maximum atomic E-state index is 12.6. The number of carbonyl (C=O) groups excluding carboxylic acids is 1. The van der Waals surface area contributed by atoms with E-state index in [0.717, 1.165) is 10.0 Å². The molecule has 0 bridgehead atoms. The van der Waals surface area contributed by atoms with Gasteiger partial charge < -0.3 is 20.1 Å². The highest BCUT2D eigenvalue weighted by Crippen LogP contribution is 2.35. The number of carbonyl (C=O) groups is 1. The molecule has 1 aliphatic heterocycles. The van der Waals surface area contributed by atoms with E-state index in [1.165, 1.54) is 0 Å². The first-order chi connectivity index (χ1) is 11.3. The van der Waals surface area contributed by atoms with Gasteiger partial charge in [-0.3, -0.25) is 0 Å². The van der Waals surface area contributed by atoms with Gasteiger partial charge in [-0.15, -0.1) is 0 Å². The molecule has 0 fully saturated rings. The molecule has 0 saturated heterocycles. The van der Waals surface area contributed by atoms with Crippen molar-refractivity contribution in [1.82, 2.24) is 10.6 Å². The van der Waals surface area contributed by atoms with E-state index in [2.05, 4.69) is 26.6 Å². The number of nitrogens with one attached hydrogen (secondary N) is 2. The molecule has 0 saturated carbocycles. The quantitative estimate of drug-likeness (QED) is 0.570. The van der Waals surface area contributed by atoms with Crippen LogP contribution in [0.2, 0.25) is 0 Å². The fourth-order valence-electron chi connectivity index (χ4n) is 2.45. The van der Waals surface area contributed by atoms with Crippen molar-refractivity contribution in [1.29, 1.82) is 0 Å². The molecule has 1 aliphatic rings. The predicted molar refractivity (Wildman–Crippen MR) is 101 cm³/mol. The number of benzene rings is 1. The van der Waals surface area contributed by atoms with Crippen LogP contribution in [0.5, 0.6) is 5.75 Å². The van der Waals surface area contributed by atoms with Crippen LogP contribution in [-0.4, -0.2) is 24.8 Å². The molecule has 0 radical (unpaired) electrons. The molecule has 1 heterocycles. The van der Waals surface area contributed by atoms with Crippen molar-refractivity contribution < 1.29 is 14.3 Å². The van der Waals surface area contributed by atoms with Crippen LogP contribution in [-0.2, 0) is 9.53 Å². The Hall–Kier alpha value is -1.60. The molecular formula is C17H21BrN2O3S. The first-order valence-corrected chi connectivity index (χ1v) is 8.82. The second-order valence-electron chi connectivity index (χ2n) is 5.95. The van der Waals surface area contributed by atoms with Crippen molar-refractivity contribution in [3.63, 3.8) is 0 Å². The second kappa shape index (κ2) is 7.98. The number of methoxy groups -OCH3 is 1. The summed E-state index contributed by atoms with van der Waals surface area (Å²) in [6, 6.07) is 5.20. The van der Waals surface area contributed by atoms with Crippen LogP contribution in [0.15, 0.2) is 33.9 Å². The lowest BCUT2D eigenvalue weighted by molar-refractivity contribution is -0.140. The van der Waals surface area contributed by atoms with Crippen LogP contribution >= 0.6 is 28.1 Å². The van der Waals surface area contributed by atoms with Crippen LogP contribution in [0.4, 0.5) is 0 Å². The van der Waals surface area contributed by atoms with Crippen LogP contribution in [0, 0.1) is 5.92 Å². The van der Waals surface area contributed by atoms with Gasteiger partial charge in [0.2, 0.25) is 0 Å². The molecule has 130 valence electrons. The molecular weight excluding hydrogens is 392 g/mol. The molecule has 0 amide bonds.